The van der Waals surface area contributed by atoms with Crippen LogP contribution in [-0.2, 0) is 6.54 Å². The summed E-state index contributed by atoms with van der Waals surface area (Å²) in [4.78, 5) is 29.5. The van der Waals surface area contributed by atoms with Crippen LogP contribution in [0.1, 0.15) is 40.9 Å². The molecule has 1 atom stereocenters. The third-order valence-corrected chi connectivity index (χ3v) is 4.78. The van der Waals surface area contributed by atoms with Gasteiger partial charge in [-0.3, -0.25) is 4.79 Å². The number of carbonyl (C=O) groups excluding carboxylic acids is 1. The molecule has 3 heterocycles. The number of nitrogens with one attached hydrogen (secondary N) is 1. The number of aromatic nitrogens is 3. The molecule has 0 aliphatic carbocycles. The molecule has 2 aromatic heterocycles. The fraction of sp³-hybridized carbons (Fsp3) is 0.350. The summed E-state index contributed by atoms with van der Waals surface area (Å²) in [6, 6.07) is 11.7. The zero-order chi connectivity index (χ0) is 18.1. The Morgan fingerprint density at radius 1 is 1.31 bits per heavy atom. The highest BCUT2D eigenvalue weighted by molar-refractivity contribution is 5.98. The van der Waals surface area contributed by atoms with E-state index in [0.717, 1.165) is 48.4 Å². The van der Waals surface area contributed by atoms with Gasteiger partial charge in [-0.15, -0.1) is 0 Å². The minimum absolute atomic E-state index is 0.0188. The van der Waals surface area contributed by atoms with Crippen LogP contribution < -0.4 is 0 Å². The number of fused-ring (bicyclic) bond motifs is 1. The number of hydrogen-bond acceptors (Lipinski definition) is 4. The number of para-hydroxylation sites is 1. The molecule has 1 fully saturated rings. The zero-order valence-corrected chi connectivity index (χ0v) is 15.1. The lowest BCUT2D eigenvalue weighted by Crippen LogP contribution is -2.32. The van der Waals surface area contributed by atoms with E-state index in [1.54, 1.807) is 6.20 Å². The predicted octanol–water partition coefficient (Wildman–Crippen LogP) is 3.00. The van der Waals surface area contributed by atoms with Crippen molar-refractivity contribution in [2.45, 2.75) is 25.4 Å². The number of nitrogens with zero attached hydrogens (tertiary/aromatic N) is 4. The number of H-pyrrole nitrogens is 1. The molecule has 1 amide bonds. The van der Waals surface area contributed by atoms with Crippen molar-refractivity contribution in [2.75, 3.05) is 20.6 Å². The highest BCUT2D eigenvalue weighted by atomic mass is 16.2. The van der Waals surface area contributed by atoms with Gasteiger partial charge in [0.25, 0.3) is 5.91 Å². The Kier molecular flexibility index (Phi) is 4.42. The number of amides is 1. The van der Waals surface area contributed by atoms with E-state index in [2.05, 4.69) is 14.9 Å². The molecule has 0 spiro atoms. The summed E-state index contributed by atoms with van der Waals surface area (Å²) in [5.74, 6) is 0.761. The van der Waals surface area contributed by atoms with Gasteiger partial charge in [0.05, 0.1) is 11.7 Å². The molecule has 1 saturated heterocycles. The van der Waals surface area contributed by atoms with Crippen LogP contribution in [-0.4, -0.2) is 51.3 Å². The maximum atomic E-state index is 13.1. The summed E-state index contributed by atoms with van der Waals surface area (Å²) in [6.45, 7) is 1.50. The Hall–Kier alpha value is -2.73. The van der Waals surface area contributed by atoms with Crippen molar-refractivity contribution in [2.24, 2.45) is 0 Å². The Labute approximate surface area is 152 Å². The first-order chi connectivity index (χ1) is 12.6. The van der Waals surface area contributed by atoms with Crippen molar-refractivity contribution in [3.63, 3.8) is 0 Å². The van der Waals surface area contributed by atoms with Crippen LogP contribution in [0.2, 0.25) is 0 Å². The number of carbonyl (C=O) groups is 1. The SMILES string of the molecule is CN(C)Cc1ccnc([C@@H]2CCCN2C(=O)c2cc3ccccc3[nH]2)n1. The summed E-state index contributed by atoms with van der Waals surface area (Å²) in [5, 5.41) is 1.05. The van der Waals surface area contributed by atoms with E-state index in [4.69, 9.17) is 4.98 Å². The lowest BCUT2D eigenvalue weighted by Gasteiger charge is -2.23. The van der Waals surface area contributed by atoms with E-state index in [1.807, 2.05) is 55.4 Å². The van der Waals surface area contributed by atoms with E-state index in [0.29, 0.717) is 5.69 Å². The number of rotatable bonds is 4. The number of benzene rings is 1. The highest BCUT2D eigenvalue weighted by Crippen LogP contribution is 2.31. The lowest BCUT2D eigenvalue weighted by atomic mass is 10.2. The average molecular weight is 349 g/mol. The van der Waals surface area contributed by atoms with Crippen molar-refractivity contribution >= 4 is 16.8 Å². The summed E-state index contributed by atoms with van der Waals surface area (Å²) in [5.41, 5.74) is 2.59. The Morgan fingerprint density at radius 2 is 2.15 bits per heavy atom. The van der Waals surface area contributed by atoms with Crippen LogP contribution >= 0.6 is 0 Å². The van der Waals surface area contributed by atoms with E-state index in [9.17, 15) is 4.79 Å². The molecule has 1 aliphatic heterocycles. The first-order valence-electron chi connectivity index (χ1n) is 8.97. The Bertz CT molecular complexity index is 900. The van der Waals surface area contributed by atoms with Gasteiger partial charge < -0.3 is 14.8 Å². The van der Waals surface area contributed by atoms with Crippen LogP contribution in [0.5, 0.6) is 0 Å². The van der Waals surface area contributed by atoms with E-state index in [-0.39, 0.29) is 11.9 Å². The molecule has 6 heteroatoms. The molecule has 1 aliphatic rings. The van der Waals surface area contributed by atoms with E-state index >= 15 is 0 Å². The van der Waals surface area contributed by atoms with Gasteiger partial charge in [-0.2, -0.15) is 0 Å². The first kappa shape index (κ1) is 16.7. The molecule has 1 N–H and O–H groups in total. The monoisotopic (exact) mass is 349 g/mol. The van der Waals surface area contributed by atoms with Crippen LogP contribution in [0.15, 0.2) is 42.6 Å². The fourth-order valence-electron chi connectivity index (χ4n) is 3.61. The Balaban J connectivity index is 1.61. The topological polar surface area (TPSA) is 65.1 Å². The van der Waals surface area contributed by atoms with Crippen LogP contribution in [0, 0.1) is 0 Å². The second-order valence-electron chi connectivity index (χ2n) is 7.07. The van der Waals surface area contributed by atoms with Gasteiger partial charge in [0.1, 0.15) is 5.69 Å². The second kappa shape index (κ2) is 6.88. The van der Waals surface area contributed by atoms with Crippen LogP contribution in [0.25, 0.3) is 10.9 Å². The minimum atomic E-state index is -0.0592. The maximum absolute atomic E-state index is 13.1. The molecule has 0 radical (unpaired) electrons. The van der Waals surface area contributed by atoms with Gasteiger partial charge >= 0.3 is 0 Å². The standard InChI is InChI=1S/C20H23N5O/c1-24(2)13-15-9-10-21-19(22-15)18-8-5-11-25(18)20(26)17-12-14-6-3-4-7-16(14)23-17/h3-4,6-7,9-10,12,18,23H,5,8,11,13H2,1-2H3/t18-/m0/s1. The van der Waals surface area contributed by atoms with Crippen molar-refractivity contribution in [3.8, 4) is 0 Å². The van der Waals surface area contributed by atoms with E-state index < -0.39 is 0 Å². The molecular weight excluding hydrogens is 326 g/mol. The fourth-order valence-corrected chi connectivity index (χ4v) is 3.61. The van der Waals surface area contributed by atoms with Gasteiger partial charge in [0.15, 0.2) is 5.82 Å². The van der Waals surface area contributed by atoms with Crippen molar-refractivity contribution in [1.82, 2.24) is 24.8 Å². The van der Waals surface area contributed by atoms with Gasteiger partial charge in [-0.05, 0) is 45.1 Å². The highest BCUT2D eigenvalue weighted by Gasteiger charge is 2.33. The van der Waals surface area contributed by atoms with E-state index in [1.165, 1.54) is 0 Å². The van der Waals surface area contributed by atoms with Gasteiger partial charge in [0.2, 0.25) is 0 Å². The zero-order valence-electron chi connectivity index (χ0n) is 15.1. The molecule has 26 heavy (non-hydrogen) atoms. The summed E-state index contributed by atoms with van der Waals surface area (Å²) in [6.07, 6.45) is 3.67. The van der Waals surface area contributed by atoms with Gasteiger partial charge in [-0.1, -0.05) is 18.2 Å². The van der Waals surface area contributed by atoms with Crippen molar-refractivity contribution in [1.29, 1.82) is 0 Å². The third-order valence-electron chi connectivity index (χ3n) is 4.78. The molecule has 6 nitrogen and oxygen atoms in total. The molecule has 0 unspecified atom stereocenters. The third kappa shape index (κ3) is 3.20. The smallest absolute Gasteiger partial charge is 0.270 e. The number of likely N-dealkylation sites (tertiary alicyclic amines) is 1. The van der Waals surface area contributed by atoms with Crippen molar-refractivity contribution < 1.29 is 4.79 Å². The predicted molar refractivity (Wildman–Crippen MR) is 101 cm³/mol. The molecule has 0 bridgehead atoms. The lowest BCUT2D eigenvalue weighted by molar-refractivity contribution is 0.0724. The van der Waals surface area contributed by atoms with Crippen LogP contribution in [0.3, 0.4) is 0 Å². The van der Waals surface area contributed by atoms with Gasteiger partial charge in [0, 0.05) is 30.2 Å². The van der Waals surface area contributed by atoms with Gasteiger partial charge in [-0.25, -0.2) is 9.97 Å². The van der Waals surface area contributed by atoms with Crippen molar-refractivity contribution in [3.05, 3.63) is 59.8 Å². The molecule has 3 aromatic rings. The molecular formula is C20H23N5O. The number of aromatic amines is 1. The number of hydrogen-bond donors (Lipinski definition) is 1. The Morgan fingerprint density at radius 3 is 2.96 bits per heavy atom. The largest absolute Gasteiger partial charge is 0.351 e. The second-order valence-corrected chi connectivity index (χ2v) is 7.07. The quantitative estimate of drug-likeness (QED) is 0.786. The minimum Gasteiger partial charge on any atom is -0.351 e. The molecule has 1 aromatic carbocycles. The molecule has 134 valence electrons. The summed E-state index contributed by atoms with van der Waals surface area (Å²) < 4.78 is 0. The van der Waals surface area contributed by atoms with Crippen LogP contribution in [0.4, 0.5) is 0 Å². The molecule has 4 rings (SSSR count). The summed E-state index contributed by atoms with van der Waals surface area (Å²) in [7, 11) is 4.03. The first-order valence-corrected chi connectivity index (χ1v) is 8.97. The normalized spacial score (nSPS) is 17.3. The average Bonchev–Trinajstić information content (AvgIpc) is 3.27. The summed E-state index contributed by atoms with van der Waals surface area (Å²) >= 11 is 0. The maximum Gasteiger partial charge on any atom is 0.270 e. The molecule has 0 saturated carbocycles.